The third kappa shape index (κ3) is 3.46. The van der Waals surface area contributed by atoms with E-state index in [1.807, 2.05) is 12.1 Å². The predicted octanol–water partition coefficient (Wildman–Crippen LogP) is 3.71. The number of nitrogens with zero attached hydrogens (tertiary/aromatic N) is 2. The number of carbonyl (C=O) groups excluding carboxylic acids is 1. The van der Waals surface area contributed by atoms with Crippen molar-refractivity contribution in [2.75, 3.05) is 0 Å². The Morgan fingerprint density at radius 2 is 1.95 bits per heavy atom. The Morgan fingerprint density at radius 3 is 2.52 bits per heavy atom. The predicted molar refractivity (Wildman–Crippen MR) is 81.8 cm³/mol. The van der Waals surface area contributed by atoms with Gasteiger partial charge < -0.3 is 0 Å². The number of aromatic nitrogens is 1. The minimum atomic E-state index is -0.362. The number of hydrogen-bond donors (Lipinski definition) is 0. The Morgan fingerprint density at radius 1 is 1.29 bits per heavy atom. The van der Waals surface area contributed by atoms with E-state index in [0.717, 1.165) is 11.2 Å². The molecule has 0 amide bonds. The number of benzene rings is 1. The zero-order valence-corrected chi connectivity index (χ0v) is 12.5. The molecule has 0 aliphatic carbocycles. The van der Waals surface area contributed by atoms with Crippen molar-refractivity contribution in [1.82, 2.24) is 4.98 Å². The first-order chi connectivity index (χ1) is 10.0. The van der Waals surface area contributed by atoms with E-state index in [-0.39, 0.29) is 10.6 Å². The minimum Gasteiger partial charge on any atom is -0.298 e. The molecule has 2 aromatic rings. The summed E-state index contributed by atoms with van der Waals surface area (Å²) in [6.45, 7) is 3.41. The summed E-state index contributed by atoms with van der Waals surface area (Å²) in [5.41, 5.74) is 2.65. The van der Waals surface area contributed by atoms with Crippen molar-refractivity contribution in [2.45, 2.75) is 24.5 Å². The fourth-order valence-electron chi connectivity index (χ4n) is 1.99. The second-order valence-corrected chi connectivity index (χ2v) is 5.64. The summed E-state index contributed by atoms with van der Waals surface area (Å²) >= 11 is 1.53. The van der Waals surface area contributed by atoms with Crippen LogP contribution in [-0.2, 0) is 5.75 Å². The SMILES string of the molecule is Cc1cnc(CSc2ccc(C=O)cc2)c(C)c1[N+](=O)[O-]. The van der Waals surface area contributed by atoms with E-state index in [9.17, 15) is 14.9 Å². The highest BCUT2D eigenvalue weighted by atomic mass is 32.2. The van der Waals surface area contributed by atoms with Crippen LogP contribution < -0.4 is 0 Å². The maximum Gasteiger partial charge on any atom is 0.278 e. The molecule has 0 aliphatic rings. The molecule has 21 heavy (non-hydrogen) atoms. The van der Waals surface area contributed by atoms with Crippen LogP contribution in [0.4, 0.5) is 5.69 Å². The molecule has 0 bridgehead atoms. The first-order valence-electron chi connectivity index (χ1n) is 6.30. The molecule has 108 valence electrons. The van der Waals surface area contributed by atoms with Gasteiger partial charge in [-0.3, -0.25) is 19.9 Å². The van der Waals surface area contributed by atoms with Crippen molar-refractivity contribution >= 4 is 23.7 Å². The number of thioether (sulfide) groups is 1. The Bertz CT molecular complexity index is 684. The highest BCUT2D eigenvalue weighted by molar-refractivity contribution is 7.98. The Labute approximate surface area is 126 Å². The summed E-state index contributed by atoms with van der Waals surface area (Å²) in [4.78, 5) is 26.6. The molecule has 0 atom stereocenters. The summed E-state index contributed by atoms with van der Waals surface area (Å²) in [6.07, 6.45) is 2.33. The lowest BCUT2D eigenvalue weighted by Gasteiger charge is -2.07. The van der Waals surface area contributed by atoms with Gasteiger partial charge in [-0.25, -0.2) is 0 Å². The van der Waals surface area contributed by atoms with Gasteiger partial charge in [0.25, 0.3) is 5.69 Å². The topological polar surface area (TPSA) is 73.1 Å². The molecule has 1 aromatic heterocycles. The maximum atomic E-state index is 11.1. The van der Waals surface area contributed by atoms with Gasteiger partial charge in [0.05, 0.1) is 10.6 Å². The Balaban J connectivity index is 2.18. The van der Waals surface area contributed by atoms with Crippen molar-refractivity contribution in [3.8, 4) is 0 Å². The van der Waals surface area contributed by atoms with Crippen LogP contribution in [0, 0.1) is 24.0 Å². The van der Waals surface area contributed by atoms with Gasteiger partial charge in [0.15, 0.2) is 0 Å². The average Bonchev–Trinajstić information content (AvgIpc) is 2.46. The Kier molecular flexibility index (Phi) is 4.70. The van der Waals surface area contributed by atoms with Gasteiger partial charge >= 0.3 is 0 Å². The standard InChI is InChI=1S/C15H14N2O3S/c1-10-7-16-14(11(2)15(10)17(19)20)9-21-13-5-3-12(8-18)4-6-13/h3-8H,9H2,1-2H3. The van der Waals surface area contributed by atoms with E-state index < -0.39 is 0 Å². The third-order valence-electron chi connectivity index (χ3n) is 3.15. The largest absolute Gasteiger partial charge is 0.298 e. The quantitative estimate of drug-likeness (QED) is 0.364. The molecule has 0 spiro atoms. The van der Waals surface area contributed by atoms with E-state index in [1.54, 1.807) is 26.0 Å². The van der Waals surface area contributed by atoms with E-state index >= 15 is 0 Å². The molecule has 1 aromatic carbocycles. The monoisotopic (exact) mass is 302 g/mol. The molecule has 1 heterocycles. The van der Waals surface area contributed by atoms with Crippen LogP contribution in [0.2, 0.25) is 0 Å². The zero-order valence-electron chi connectivity index (χ0n) is 11.7. The molecule has 0 saturated heterocycles. The lowest BCUT2D eigenvalue weighted by atomic mass is 10.1. The highest BCUT2D eigenvalue weighted by Gasteiger charge is 2.18. The molecule has 0 radical (unpaired) electrons. The van der Waals surface area contributed by atoms with Gasteiger partial charge in [-0.05, 0) is 26.0 Å². The number of carbonyl (C=O) groups is 1. The van der Waals surface area contributed by atoms with Crippen LogP contribution in [0.25, 0.3) is 0 Å². The van der Waals surface area contributed by atoms with E-state index in [1.165, 1.54) is 18.0 Å². The average molecular weight is 302 g/mol. The lowest BCUT2D eigenvalue weighted by molar-refractivity contribution is -0.386. The highest BCUT2D eigenvalue weighted by Crippen LogP contribution is 2.29. The van der Waals surface area contributed by atoms with Gasteiger partial charge in [-0.1, -0.05) is 12.1 Å². The van der Waals surface area contributed by atoms with E-state index in [4.69, 9.17) is 0 Å². The molecule has 0 aliphatic heterocycles. The molecule has 2 rings (SSSR count). The third-order valence-corrected chi connectivity index (χ3v) is 4.17. The van der Waals surface area contributed by atoms with Crippen LogP contribution in [-0.4, -0.2) is 16.2 Å². The molecular formula is C15H14N2O3S. The first kappa shape index (κ1) is 15.2. The zero-order chi connectivity index (χ0) is 15.4. The van der Waals surface area contributed by atoms with E-state index in [0.29, 0.717) is 28.1 Å². The number of nitro groups is 1. The summed E-state index contributed by atoms with van der Waals surface area (Å²) in [7, 11) is 0. The van der Waals surface area contributed by atoms with Crippen molar-refractivity contribution < 1.29 is 9.72 Å². The smallest absolute Gasteiger partial charge is 0.278 e. The fourth-order valence-corrected chi connectivity index (χ4v) is 2.91. The lowest BCUT2D eigenvalue weighted by Crippen LogP contribution is -2.01. The van der Waals surface area contributed by atoms with Crippen molar-refractivity contribution in [1.29, 1.82) is 0 Å². The second-order valence-electron chi connectivity index (χ2n) is 4.59. The summed E-state index contributed by atoms with van der Waals surface area (Å²) in [6, 6.07) is 7.19. The molecule has 6 heteroatoms. The molecule has 5 nitrogen and oxygen atoms in total. The number of hydrogen-bond acceptors (Lipinski definition) is 5. The van der Waals surface area contributed by atoms with Gasteiger partial charge in [-0.15, -0.1) is 11.8 Å². The van der Waals surface area contributed by atoms with Crippen LogP contribution in [0.15, 0.2) is 35.4 Å². The minimum absolute atomic E-state index is 0.136. The van der Waals surface area contributed by atoms with Crippen LogP contribution in [0.3, 0.4) is 0 Å². The van der Waals surface area contributed by atoms with Crippen molar-refractivity contribution in [3.63, 3.8) is 0 Å². The summed E-state index contributed by atoms with van der Waals surface area (Å²) in [5, 5.41) is 11.1. The fraction of sp³-hybridized carbons (Fsp3) is 0.200. The van der Waals surface area contributed by atoms with E-state index in [2.05, 4.69) is 4.98 Å². The van der Waals surface area contributed by atoms with Crippen molar-refractivity contribution in [2.24, 2.45) is 0 Å². The number of pyridine rings is 1. The van der Waals surface area contributed by atoms with Crippen molar-refractivity contribution in [3.05, 3.63) is 63.0 Å². The van der Waals surface area contributed by atoms with Gasteiger partial charge in [0, 0.05) is 33.5 Å². The maximum absolute atomic E-state index is 11.1. The first-order valence-corrected chi connectivity index (χ1v) is 7.29. The molecule has 0 N–H and O–H groups in total. The van der Waals surface area contributed by atoms with Crippen LogP contribution in [0.5, 0.6) is 0 Å². The molecular weight excluding hydrogens is 288 g/mol. The van der Waals surface area contributed by atoms with Crippen LogP contribution >= 0.6 is 11.8 Å². The summed E-state index contributed by atoms with van der Waals surface area (Å²) in [5.74, 6) is 0.549. The molecule has 0 unspecified atom stereocenters. The molecule has 0 saturated carbocycles. The Hall–Kier alpha value is -2.21. The second kappa shape index (κ2) is 6.49. The van der Waals surface area contributed by atoms with Gasteiger partial charge in [0.1, 0.15) is 6.29 Å². The summed E-state index contributed by atoms with van der Waals surface area (Å²) < 4.78 is 0. The normalized spacial score (nSPS) is 10.4. The van der Waals surface area contributed by atoms with Gasteiger partial charge in [-0.2, -0.15) is 0 Å². The molecule has 0 fully saturated rings. The number of aryl methyl sites for hydroxylation is 1. The van der Waals surface area contributed by atoms with Crippen LogP contribution in [0.1, 0.15) is 27.2 Å². The van der Waals surface area contributed by atoms with Gasteiger partial charge in [0.2, 0.25) is 0 Å². The number of aldehydes is 1. The number of rotatable bonds is 5.